The van der Waals surface area contributed by atoms with Gasteiger partial charge in [-0.15, -0.1) is 0 Å². The quantitative estimate of drug-likeness (QED) is 0.743. The molecule has 1 atom stereocenters. The molecular formula is C13H12N4O. The molecule has 2 N–H and O–H groups in total. The number of benzene rings is 1. The Balaban J connectivity index is 2.18. The van der Waals surface area contributed by atoms with Crippen LogP contribution in [0.5, 0.6) is 0 Å². The molecule has 18 heavy (non-hydrogen) atoms. The Morgan fingerprint density at radius 2 is 2.06 bits per heavy atom. The molecule has 1 unspecified atom stereocenters. The van der Waals surface area contributed by atoms with Crippen LogP contribution in [0.1, 0.15) is 18.8 Å². The van der Waals surface area contributed by atoms with Gasteiger partial charge in [0.05, 0.1) is 6.04 Å². The van der Waals surface area contributed by atoms with Crippen molar-refractivity contribution in [2.45, 2.75) is 13.0 Å². The fourth-order valence-electron chi connectivity index (χ4n) is 1.81. The number of hydrogen-bond donors (Lipinski definition) is 1. The molecule has 3 rings (SSSR count). The molecule has 0 saturated carbocycles. The van der Waals surface area contributed by atoms with Gasteiger partial charge < -0.3 is 10.3 Å². The lowest BCUT2D eigenvalue weighted by atomic mass is 10.1. The van der Waals surface area contributed by atoms with Crippen LogP contribution < -0.4 is 5.73 Å². The van der Waals surface area contributed by atoms with E-state index in [4.69, 9.17) is 10.3 Å². The van der Waals surface area contributed by atoms with Gasteiger partial charge in [0.15, 0.2) is 5.82 Å². The summed E-state index contributed by atoms with van der Waals surface area (Å²) < 4.78 is 5.22. The number of nitrogens with zero attached hydrogens (tertiary/aromatic N) is 3. The molecule has 2 aromatic heterocycles. The van der Waals surface area contributed by atoms with Gasteiger partial charge in [0, 0.05) is 11.6 Å². The molecule has 2 heterocycles. The summed E-state index contributed by atoms with van der Waals surface area (Å²) in [6.07, 6.45) is 1.73. The topological polar surface area (TPSA) is 77.8 Å². The van der Waals surface area contributed by atoms with Crippen molar-refractivity contribution in [3.63, 3.8) is 0 Å². The maximum absolute atomic E-state index is 5.71. The summed E-state index contributed by atoms with van der Waals surface area (Å²) in [7, 11) is 0. The highest BCUT2D eigenvalue weighted by Gasteiger charge is 2.14. The van der Waals surface area contributed by atoms with Crippen molar-refractivity contribution in [3.05, 3.63) is 42.4 Å². The largest absolute Gasteiger partial charge is 0.332 e. The number of nitrogens with two attached hydrogens (primary N) is 1. The van der Waals surface area contributed by atoms with Crippen LogP contribution in [-0.4, -0.2) is 15.1 Å². The minimum Gasteiger partial charge on any atom is -0.332 e. The van der Waals surface area contributed by atoms with Gasteiger partial charge in [-0.2, -0.15) is 4.98 Å². The van der Waals surface area contributed by atoms with Gasteiger partial charge in [-0.3, -0.25) is 4.98 Å². The molecule has 0 radical (unpaired) electrons. The van der Waals surface area contributed by atoms with Crippen LogP contribution in [0, 0.1) is 0 Å². The summed E-state index contributed by atoms with van der Waals surface area (Å²) in [5, 5.41) is 5.92. The smallest absolute Gasteiger partial charge is 0.277 e. The van der Waals surface area contributed by atoms with E-state index in [0.717, 1.165) is 10.8 Å². The Bertz CT molecular complexity index is 685. The first-order valence-electron chi connectivity index (χ1n) is 5.69. The first-order valence-corrected chi connectivity index (χ1v) is 5.69. The van der Waals surface area contributed by atoms with Gasteiger partial charge in [-0.05, 0) is 18.4 Å². The SMILES string of the molecule is CC(N)c1noc(-c2nccc3ccccc23)n1. The third-order valence-corrected chi connectivity index (χ3v) is 2.73. The van der Waals surface area contributed by atoms with Gasteiger partial charge in [0.25, 0.3) is 5.89 Å². The van der Waals surface area contributed by atoms with E-state index in [-0.39, 0.29) is 6.04 Å². The minimum atomic E-state index is -0.252. The van der Waals surface area contributed by atoms with Crippen LogP contribution in [-0.2, 0) is 0 Å². The van der Waals surface area contributed by atoms with Crippen molar-refractivity contribution >= 4 is 10.8 Å². The van der Waals surface area contributed by atoms with E-state index >= 15 is 0 Å². The summed E-state index contributed by atoms with van der Waals surface area (Å²) in [5.41, 5.74) is 6.40. The van der Waals surface area contributed by atoms with Gasteiger partial charge in [0.2, 0.25) is 0 Å². The molecule has 5 heteroatoms. The molecule has 0 spiro atoms. The fourth-order valence-corrected chi connectivity index (χ4v) is 1.81. The van der Waals surface area contributed by atoms with Crippen molar-refractivity contribution in [1.82, 2.24) is 15.1 Å². The Kier molecular flexibility index (Phi) is 2.53. The first kappa shape index (κ1) is 10.9. The van der Waals surface area contributed by atoms with E-state index in [0.29, 0.717) is 17.4 Å². The van der Waals surface area contributed by atoms with E-state index in [1.54, 1.807) is 6.20 Å². The second kappa shape index (κ2) is 4.19. The monoisotopic (exact) mass is 240 g/mol. The second-order valence-electron chi connectivity index (χ2n) is 4.13. The van der Waals surface area contributed by atoms with Crippen LogP contribution in [0.3, 0.4) is 0 Å². The molecule has 3 aromatic rings. The first-order chi connectivity index (χ1) is 8.75. The molecule has 0 amide bonds. The van der Waals surface area contributed by atoms with Gasteiger partial charge in [-0.1, -0.05) is 29.4 Å². The number of fused-ring (bicyclic) bond motifs is 1. The van der Waals surface area contributed by atoms with Gasteiger partial charge >= 0.3 is 0 Å². The zero-order valence-electron chi connectivity index (χ0n) is 9.87. The molecule has 0 saturated heterocycles. The Morgan fingerprint density at radius 3 is 2.83 bits per heavy atom. The second-order valence-corrected chi connectivity index (χ2v) is 4.13. The van der Waals surface area contributed by atoms with E-state index < -0.39 is 0 Å². The highest BCUT2D eigenvalue weighted by Crippen LogP contribution is 2.25. The standard InChI is InChI=1S/C13H12N4O/c1-8(14)12-16-13(18-17-12)11-10-5-3-2-4-9(10)6-7-15-11/h2-8H,14H2,1H3. The van der Waals surface area contributed by atoms with E-state index in [1.807, 2.05) is 37.3 Å². The summed E-state index contributed by atoms with van der Waals surface area (Å²) in [6, 6.07) is 9.62. The van der Waals surface area contributed by atoms with Gasteiger partial charge in [-0.25, -0.2) is 0 Å². The van der Waals surface area contributed by atoms with Crippen molar-refractivity contribution < 1.29 is 4.52 Å². The van der Waals surface area contributed by atoms with E-state index in [9.17, 15) is 0 Å². The Labute approximate surface area is 104 Å². The van der Waals surface area contributed by atoms with Crippen molar-refractivity contribution in [2.24, 2.45) is 5.73 Å². The molecule has 0 aliphatic carbocycles. The Morgan fingerprint density at radius 1 is 1.22 bits per heavy atom. The summed E-state index contributed by atoms with van der Waals surface area (Å²) in [4.78, 5) is 8.58. The van der Waals surface area contributed by atoms with E-state index in [2.05, 4.69) is 15.1 Å². The van der Waals surface area contributed by atoms with Crippen molar-refractivity contribution in [1.29, 1.82) is 0 Å². The van der Waals surface area contributed by atoms with Crippen LogP contribution >= 0.6 is 0 Å². The predicted molar refractivity (Wildman–Crippen MR) is 67.6 cm³/mol. The van der Waals surface area contributed by atoms with Crippen LogP contribution in [0.25, 0.3) is 22.4 Å². The summed E-state index contributed by atoms with van der Waals surface area (Å²) in [6.45, 7) is 1.81. The van der Waals surface area contributed by atoms with Crippen molar-refractivity contribution in [3.8, 4) is 11.6 Å². The fraction of sp³-hybridized carbons (Fsp3) is 0.154. The minimum absolute atomic E-state index is 0.252. The van der Waals surface area contributed by atoms with E-state index in [1.165, 1.54) is 0 Å². The highest BCUT2D eigenvalue weighted by molar-refractivity contribution is 5.92. The molecule has 0 fully saturated rings. The summed E-state index contributed by atoms with van der Waals surface area (Å²) in [5.74, 6) is 0.888. The third kappa shape index (κ3) is 1.74. The molecular weight excluding hydrogens is 228 g/mol. The van der Waals surface area contributed by atoms with Crippen LogP contribution in [0.4, 0.5) is 0 Å². The highest BCUT2D eigenvalue weighted by atomic mass is 16.5. The molecule has 0 aliphatic heterocycles. The maximum Gasteiger partial charge on any atom is 0.277 e. The molecule has 90 valence electrons. The van der Waals surface area contributed by atoms with Crippen molar-refractivity contribution in [2.75, 3.05) is 0 Å². The van der Waals surface area contributed by atoms with Crippen LogP contribution in [0.15, 0.2) is 41.1 Å². The number of rotatable bonds is 2. The molecule has 0 aliphatic rings. The lowest BCUT2D eigenvalue weighted by Gasteiger charge is -2.00. The third-order valence-electron chi connectivity index (χ3n) is 2.73. The van der Waals surface area contributed by atoms with Gasteiger partial charge in [0.1, 0.15) is 5.69 Å². The average molecular weight is 240 g/mol. The van der Waals surface area contributed by atoms with Crippen LogP contribution in [0.2, 0.25) is 0 Å². The normalized spacial score (nSPS) is 12.8. The lowest BCUT2D eigenvalue weighted by Crippen LogP contribution is -2.06. The number of hydrogen-bond acceptors (Lipinski definition) is 5. The maximum atomic E-state index is 5.71. The summed E-state index contributed by atoms with van der Waals surface area (Å²) >= 11 is 0. The number of pyridine rings is 1. The zero-order chi connectivity index (χ0) is 12.5. The number of aromatic nitrogens is 3. The predicted octanol–water partition coefficient (Wildman–Crippen LogP) is 2.30. The molecule has 0 bridgehead atoms. The average Bonchev–Trinajstić information content (AvgIpc) is 2.87. The Hall–Kier alpha value is -2.27. The molecule has 5 nitrogen and oxygen atoms in total. The molecule has 1 aromatic carbocycles. The zero-order valence-corrected chi connectivity index (χ0v) is 9.87. The lowest BCUT2D eigenvalue weighted by molar-refractivity contribution is 0.417.